The smallest absolute Gasteiger partial charge is 0.330 e. The van der Waals surface area contributed by atoms with Gasteiger partial charge in [-0.2, -0.15) is 0 Å². The van der Waals surface area contributed by atoms with Crippen molar-refractivity contribution >= 4 is 23.4 Å². The topological polar surface area (TPSA) is 127 Å². The highest BCUT2D eigenvalue weighted by Gasteiger charge is 2.27. The molecular formula is C18H28N4O5. The van der Waals surface area contributed by atoms with E-state index in [0.29, 0.717) is 13.0 Å². The van der Waals surface area contributed by atoms with E-state index in [1.54, 1.807) is 6.92 Å². The van der Waals surface area contributed by atoms with Gasteiger partial charge in [0.15, 0.2) is 12.3 Å². The van der Waals surface area contributed by atoms with E-state index in [9.17, 15) is 19.2 Å². The Morgan fingerprint density at radius 3 is 2.52 bits per heavy atom. The van der Waals surface area contributed by atoms with Crippen LogP contribution in [-0.2, 0) is 20.9 Å². The van der Waals surface area contributed by atoms with Crippen molar-refractivity contribution in [3.8, 4) is 0 Å². The molecule has 150 valence electrons. The molecule has 1 fully saturated rings. The van der Waals surface area contributed by atoms with Crippen LogP contribution in [0.15, 0.2) is 9.59 Å². The summed E-state index contributed by atoms with van der Waals surface area (Å²) in [4.78, 5) is 52.2. The van der Waals surface area contributed by atoms with E-state index in [2.05, 4.69) is 4.98 Å². The lowest BCUT2D eigenvalue weighted by Gasteiger charge is -2.23. The molecule has 3 N–H and O–H groups in total. The van der Waals surface area contributed by atoms with E-state index in [1.807, 2.05) is 6.92 Å². The fraction of sp³-hybridized carbons (Fsp3) is 0.667. The molecule has 0 unspecified atom stereocenters. The highest BCUT2D eigenvalue weighted by atomic mass is 16.5. The molecule has 0 saturated heterocycles. The number of hydrogen-bond acceptors (Lipinski definition) is 6. The van der Waals surface area contributed by atoms with Crippen LogP contribution >= 0.6 is 0 Å². The van der Waals surface area contributed by atoms with E-state index in [1.165, 1.54) is 4.57 Å². The zero-order valence-corrected chi connectivity index (χ0v) is 16.0. The average Bonchev–Trinajstić information content (AvgIpc) is 3.17. The highest BCUT2D eigenvalue weighted by Crippen LogP contribution is 2.25. The minimum absolute atomic E-state index is 0.0606. The van der Waals surface area contributed by atoms with Gasteiger partial charge in [-0.15, -0.1) is 0 Å². The van der Waals surface area contributed by atoms with E-state index < -0.39 is 23.8 Å². The van der Waals surface area contributed by atoms with Gasteiger partial charge < -0.3 is 15.4 Å². The summed E-state index contributed by atoms with van der Waals surface area (Å²) in [5, 5.41) is 0. The minimum Gasteiger partial charge on any atom is -0.455 e. The van der Waals surface area contributed by atoms with Gasteiger partial charge in [-0.1, -0.05) is 26.2 Å². The van der Waals surface area contributed by atoms with Crippen LogP contribution in [0, 0.1) is 5.92 Å². The Bertz CT molecular complexity index is 792. The standard InChI is InChI=1S/C18H28N4O5/c1-3-5-10-22-15(19)14(16(24)20-18(22)26)21(4-2)13(23)11-27-17(25)12-8-6-7-9-12/h12H,3-11,19H2,1-2H3,(H,20,24,26). The second-order valence-corrected chi connectivity index (χ2v) is 6.73. The van der Waals surface area contributed by atoms with Crippen molar-refractivity contribution in [3.05, 3.63) is 20.8 Å². The summed E-state index contributed by atoms with van der Waals surface area (Å²) < 4.78 is 6.39. The van der Waals surface area contributed by atoms with Crippen LogP contribution in [0.2, 0.25) is 0 Å². The van der Waals surface area contributed by atoms with Gasteiger partial charge in [0.1, 0.15) is 5.82 Å². The van der Waals surface area contributed by atoms with Crippen LogP contribution in [0.4, 0.5) is 11.5 Å². The van der Waals surface area contributed by atoms with Gasteiger partial charge in [0, 0.05) is 13.1 Å². The summed E-state index contributed by atoms with van der Waals surface area (Å²) in [6.45, 7) is 3.67. The Kier molecular flexibility index (Phi) is 7.20. The molecular weight excluding hydrogens is 352 g/mol. The second kappa shape index (κ2) is 9.38. The zero-order chi connectivity index (χ0) is 20.0. The summed E-state index contributed by atoms with van der Waals surface area (Å²) in [5.41, 5.74) is 4.61. The van der Waals surface area contributed by atoms with Crippen LogP contribution in [0.5, 0.6) is 0 Å². The summed E-state index contributed by atoms with van der Waals surface area (Å²) >= 11 is 0. The Morgan fingerprint density at radius 1 is 1.26 bits per heavy atom. The number of nitrogen functional groups attached to an aromatic ring is 1. The van der Waals surface area contributed by atoms with Crippen LogP contribution in [0.1, 0.15) is 52.4 Å². The fourth-order valence-corrected chi connectivity index (χ4v) is 3.33. The van der Waals surface area contributed by atoms with Crippen molar-refractivity contribution in [2.75, 3.05) is 23.8 Å². The Labute approximate surface area is 157 Å². The number of nitrogens with zero attached hydrogens (tertiary/aromatic N) is 2. The average molecular weight is 380 g/mol. The van der Waals surface area contributed by atoms with Gasteiger partial charge >= 0.3 is 11.7 Å². The molecule has 1 aromatic rings. The lowest BCUT2D eigenvalue weighted by Crippen LogP contribution is -2.42. The van der Waals surface area contributed by atoms with Crippen LogP contribution < -0.4 is 21.9 Å². The molecule has 1 saturated carbocycles. The number of ether oxygens (including phenoxy) is 1. The highest BCUT2D eigenvalue weighted by molar-refractivity contribution is 5.97. The van der Waals surface area contributed by atoms with Crippen molar-refractivity contribution < 1.29 is 14.3 Å². The molecule has 2 rings (SSSR count). The lowest BCUT2D eigenvalue weighted by atomic mass is 10.1. The molecule has 27 heavy (non-hydrogen) atoms. The molecule has 1 amide bonds. The van der Waals surface area contributed by atoms with Crippen molar-refractivity contribution in [3.63, 3.8) is 0 Å². The molecule has 0 bridgehead atoms. The van der Waals surface area contributed by atoms with Gasteiger partial charge in [-0.05, 0) is 26.2 Å². The third-order valence-corrected chi connectivity index (χ3v) is 4.86. The van der Waals surface area contributed by atoms with Gasteiger partial charge in [0.25, 0.3) is 11.5 Å². The maximum atomic E-state index is 12.6. The largest absolute Gasteiger partial charge is 0.455 e. The van der Waals surface area contributed by atoms with Crippen molar-refractivity contribution in [1.29, 1.82) is 0 Å². The minimum atomic E-state index is -0.734. The Morgan fingerprint density at radius 2 is 1.93 bits per heavy atom. The third kappa shape index (κ3) is 4.78. The quantitative estimate of drug-likeness (QED) is 0.648. The van der Waals surface area contributed by atoms with Crippen molar-refractivity contribution in [2.45, 2.75) is 58.9 Å². The first-order valence-electron chi connectivity index (χ1n) is 9.50. The number of nitrogens with one attached hydrogen (secondary N) is 1. The predicted molar refractivity (Wildman–Crippen MR) is 102 cm³/mol. The van der Waals surface area contributed by atoms with E-state index >= 15 is 0 Å². The number of anilines is 2. The maximum Gasteiger partial charge on any atom is 0.330 e. The summed E-state index contributed by atoms with van der Waals surface area (Å²) in [6.07, 6.45) is 5.07. The molecule has 9 heteroatoms. The molecule has 1 aliphatic rings. The van der Waals surface area contributed by atoms with Gasteiger partial charge in [0.2, 0.25) is 0 Å². The molecule has 1 aromatic heterocycles. The van der Waals surface area contributed by atoms with Crippen molar-refractivity contribution in [2.24, 2.45) is 5.92 Å². The predicted octanol–water partition coefficient (Wildman–Crippen LogP) is 1.01. The monoisotopic (exact) mass is 380 g/mol. The first-order chi connectivity index (χ1) is 12.9. The van der Waals surface area contributed by atoms with Crippen molar-refractivity contribution in [1.82, 2.24) is 9.55 Å². The number of amides is 1. The molecule has 0 aliphatic heterocycles. The Hall–Kier alpha value is -2.58. The number of esters is 1. The fourth-order valence-electron chi connectivity index (χ4n) is 3.33. The van der Waals surface area contributed by atoms with Gasteiger partial charge in [-0.3, -0.25) is 23.9 Å². The first kappa shape index (κ1) is 20.7. The number of carbonyl (C=O) groups is 2. The summed E-state index contributed by atoms with van der Waals surface area (Å²) in [7, 11) is 0. The number of unbranched alkanes of at least 4 members (excludes halogenated alkanes) is 1. The van der Waals surface area contributed by atoms with Gasteiger partial charge in [0.05, 0.1) is 5.92 Å². The molecule has 1 heterocycles. The number of nitrogens with two attached hydrogens (primary N) is 1. The number of carbonyl (C=O) groups excluding carboxylic acids is 2. The number of aromatic nitrogens is 2. The SMILES string of the molecule is CCCCn1c(N)c(N(CC)C(=O)COC(=O)C2CCCC2)c(=O)[nH]c1=O. The molecule has 1 aliphatic carbocycles. The Balaban J connectivity index is 2.20. The number of hydrogen-bond donors (Lipinski definition) is 2. The summed E-state index contributed by atoms with van der Waals surface area (Å²) in [5.74, 6) is -1.15. The van der Waals surface area contributed by atoms with E-state index in [0.717, 1.165) is 37.0 Å². The molecule has 0 aromatic carbocycles. The summed E-state index contributed by atoms with van der Waals surface area (Å²) in [6, 6.07) is 0. The molecule has 9 nitrogen and oxygen atoms in total. The normalized spacial score (nSPS) is 14.3. The third-order valence-electron chi connectivity index (χ3n) is 4.86. The number of H-pyrrole nitrogens is 1. The molecule has 0 spiro atoms. The van der Waals surface area contributed by atoms with E-state index in [-0.39, 0.29) is 29.9 Å². The number of aromatic amines is 1. The first-order valence-corrected chi connectivity index (χ1v) is 9.50. The van der Waals surface area contributed by atoms with Crippen LogP contribution in [-0.4, -0.2) is 34.6 Å². The number of rotatable bonds is 8. The maximum absolute atomic E-state index is 12.6. The van der Waals surface area contributed by atoms with Crippen LogP contribution in [0.3, 0.4) is 0 Å². The lowest BCUT2D eigenvalue weighted by molar-refractivity contribution is -0.151. The number of likely N-dealkylation sites (N-methyl/N-ethyl adjacent to an activating group) is 1. The molecule has 0 atom stereocenters. The van der Waals surface area contributed by atoms with Crippen LogP contribution in [0.25, 0.3) is 0 Å². The van der Waals surface area contributed by atoms with Gasteiger partial charge in [-0.25, -0.2) is 4.79 Å². The second-order valence-electron chi connectivity index (χ2n) is 6.73. The van der Waals surface area contributed by atoms with E-state index in [4.69, 9.17) is 10.5 Å². The zero-order valence-electron chi connectivity index (χ0n) is 16.0. The molecule has 0 radical (unpaired) electrons.